The first kappa shape index (κ1) is 17.9. The van der Waals surface area contributed by atoms with Gasteiger partial charge in [-0.25, -0.2) is 9.37 Å². The Morgan fingerprint density at radius 3 is 2.62 bits per heavy atom. The molecule has 0 atom stereocenters. The fourth-order valence-electron chi connectivity index (χ4n) is 2.67. The number of carbonyl (C=O) groups is 1. The Labute approximate surface area is 151 Å². The Morgan fingerprint density at radius 2 is 1.85 bits per heavy atom. The van der Waals surface area contributed by atoms with Crippen molar-refractivity contribution in [2.45, 2.75) is 33.6 Å². The molecular formula is C21H20FNO3. The van der Waals surface area contributed by atoms with Crippen LogP contribution in [0.3, 0.4) is 0 Å². The van der Waals surface area contributed by atoms with Crippen LogP contribution in [-0.2, 0) is 11.2 Å². The summed E-state index contributed by atoms with van der Waals surface area (Å²) in [4.78, 5) is 16.3. The number of aryl methyl sites for hydroxylation is 3. The Morgan fingerprint density at radius 1 is 1.12 bits per heavy atom. The van der Waals surface area contributed by atoms with Gasteiger partial charge in [0.25, 0.3) is 0 Å². The second kappa shape index (κ2) is 7.52. The molecule has 3 aromatic rings. The monoisotopic (exact) mass is 353 g/mol. The number of halogens is 1. The van der Waals surface area contributed by atoms with E-state index in [4.69, 9.17) is 9.15 Å². The minimum Gasteiger partial charge on any atom is -0.441 e. The van der Waals surface area contributed by atoms with E-state index in [2.05, 4.69) is 4.98 Å². The number of carbonyl (C=O) groups excluding carboxylic acids is 1. The molecular weight excluding hydrogens is 333 g/mol. The van der Waals surface area contributed by atoms with Crippen molar-refractivity contribution in [2.75, 3.05) is 0 Å². The first-order valence-electron chi connectivity index (χ1n) is 8.43. The molecule has 0 saturated heterocycles. The van der Waals surface area contributed by atoms with E-state index in [1.165, 1.54) is 12.3 Å². The first-order valence-corrected chi connectivity index (χ1v) is 8.43. The number of rotatable bonds is 5. The van der Waals surface area contributed by atoms with Crippen molar-refractivity contribution in [1.82, 2.24) is 4.98 Å². The van der Waals surface area contributed by atoms with Crippen molar-refractivity contribution in [2.24, 2.45) is 0 Å². The second-order valence-corrected chi connectivity index (χ2v) is 6.23. The average Bonchev–Trinajstić information content (AvgIpc) is 3.09. The molecule has 0 N–H and O–H groups in total. The second-order valence-electron chi connectivity index (χ2n) is 6.23. The van der Waals surface area contributed by atoms with E-state index in [1.54, 1.807) is 18.2 Å². The van der Waals surface area contributed by atoms with Crippen LogP contribution >= 0.6 is 0 Å². The van der Waals surface area contributed by atoms with Crippen LogP contribution in [0.5, 0.6) is 5.75 Å². The van der Waals surface area contributed by atoms with Gasteiger partial charge in [0.15, 0.2) is 11.7 Å². The van der Waals surface area contributed by atoms with E-state index in [-0.39, 0.29) is 24.6 Å². The van der Waals surface area contributed by atoms with E-state index in [1.807, 2.05) is 32.9 Å². The number of aromatic nitrogens is 1. The van der Waals surface area contributed by atoms with Crippen LogP contribution in [0.4, 0.5) is 4.39 Å². The molecule has 0 radical (unpaired) electrons. The van der Waals surface area contributed by atoms with Gasteiger partial charge in [-0.15, -0.1) is 0 Å². The Hall–Kier alpha value is -2.95. The van der Waals surface area contributed by atoms with Gasteiger partial charge in [0.1, 0.15) is 11.6 Å². The molecule has 0 aliphatic rings. The topological polar surface area (TPSA) is 52.3 Å². The number of nitrogens with zero attached hydrogens (tertiary/aromatic N) is 1. The van der Waals surface area contributed by atoms with Crippen molar-refractivity contribution < 1.29 is 18.3 Å². The number of oxazole rings is 1. The highest BCUT2D eigenvalue weighted by Gasteiger charge is 2.14. The van der Waals surface area contributed by atoms with Gasteiger partial charge in [-0.1, -0.05) is 24.3 Å². The zero-order valence-electron chi connectivity index (χ0n) is 15.0. The van der Waals surface area contributed by atoms with Crippen molar-refractivity contribution in [3.05, 3.63) is 71.0 Å². The van der Waals surface area contributed by atoms with Crippen LogP contribution in [0, 0.1) is 26.6 Å². The third kappa shape index (κ3) is 3.82. The van der Waals surface area contributed by atoms with Gasteiger partial charge in [-0.2, -0.15) is 0 Å². The predicted molar refractivity (Wildman–Crippen MR) is 96.5 cm³/mol. The third-order valence-electron chi connectivity index (χ3n) is 4.33. The van der Waals surface area contributed by atoms with Crippen LogP contribution in [0.1, 0.15) is 29.0 Å². The summed E-state index contributed by atoms with van der Waals surface area (Å²) in [5, 5.41) is 0. The summed E-state index contributed by atoms with van der Waals surface area (Å²) < 4.78 is 24.9. The molecule has 3 rings (SSSR count). The lowest BCUT2D eigenvalue weighted by molar-refractivity contribution is -0.134. The van der Waals surface area contributed by atoms with Crippen LogP contribution in [0.15, 0.2) is 47.0 Å². The molecule has 0 unspecified atom stereocenters. The smallest absolute Gasteiger partial charge is 0.311 e. The lowest BCUT2D eigenvalue weighted by Gasteiger charge is -2.12. The summed E-state index contributed by atoms with van der Waals surface area (Å²) in [6.45, 7) is 5.81. The van der Waals surface area contributed by atoms with Gasteiger partial charge < -0.3 is 9.15 Å². The van der Waals surface area contributed by atoms with Gasteiger partial charge in [0.2, 0.25) is 0 Å². The van der Waals surface area contributed by atoms with Crippen molar-refractivity contribution in [3.63, 3.8) is 0 Å². The normalized spacial score (nSPS) is 10.8. The van der Waals surface area contributed by atoms with E-state index in [9.17, 15) is 9.18 Å². The van der Waals surface area contributed by atoms with Gasteiger partial charge in [0.05, 0.1) is 18.2 Å². The van der Waals surface area contributed by atoms with Crippen LogP contribution < -0.4 is 4.74 Å². The summed E-state index contributed by atoms with van der Waals surface area (Å²) in [5.41, 5.74) is 3.29. The molecule has 5 heteroatoms. The molecule has 0 amide bonds. The van der Waals surface area contributed by atoms with Crippen LogP contribution in [-0.4, -0.2) is 11.0 Å². The van der Waals surface area contributed by atoms with Crippen LogP contribution in [0.2, 0.25) is 0 Å². The molecule has 0 fully saturated rings. The summed E-state index contributed by atoms with van der Waals surface area (Å²) in [7, 11) is 0. The van der Waals surface area contributed by atoms with Crippen molar-refractivity contribution in [3.8, 4) is 17.1 Å². The molecule has 0 aliphatic heterocycles. The highest BCUT2D eigenvalue weighted by Crippen LogP contribution is 2.27. The molecule has 1 aromatic heterocycles. The SMILES string of the molecule is Cc1ccc(C)c(OC(=O)CCc2ncc(-c3ccccc3F)o2)c1C. The highest BCUT2D eigenvalue weighted by atomic mass is 19.1. The number of benzene rings is 2. The molecule has 2 aromatic carbocycles. The van der Waals surface area contributed by atoms with Crippen molar-refractivity contribution in [1.29, 1.82) is 0 Å². The summed E-state index contributed by atoms with van der Waals surface area (Å²) in [6.07, 6.45) is 1.88. The van der Waals surface area contributed by atoms with Crippen LogP contribution in [0.25, 0.3) is 11.3 Å². The number of ether oxygens (including phenoxy) is 1. The summed E-state index contributed by atoms with van der Waals surface area (Å²) in [6, 6.07) is 10.3. The number of esters is 1. The Balaban J connectivity index is 1.64. The lowest BCUT2D eigenvalue weighted by Crippen LogP contribution is -2.11. The maximum absolute atomic E-state index is 13.8. The van der Waals surface area contributed by atoms with Gasteiger partial charge >= 0.3 is 5.97 Å². The number of hydrogen-bond acceptors (Lipinski definition) is 4. The van der Waals surface area contributed by atoms with Gasteiger partial charge in [-0.3, -0.25) is 4.79 Å². The fourth-order valence-corrected chi connectivity index (χ4v) is 2.67. The maximum atomic E-state index is 13.8. The van der Waals surface area contributed by atoms with E-state index >= 15 is 0 Å². The first-order chi connectivity index (χ1) is 12.5. The largest absolute Gasteiger partial charge is 0.441 e. The molecule has 134 valence electrons. The maximum Gasteiger partial charge on any atom is 0.311 e. The molecule has 0 saturated carbocycles. The van der Waals surface area contributed by atoms with Crippen molar-refractivity contribution >= 4 is 5.97 Å². The van der Waals surface area contributed by atoms with Gasteiger partial charge in [-0.05, 0) is 49.6 Å². The Kier molecular flexibility index (Phi) is 5.16. The molecule has 0 spiro atoms. The summed E-state index contributed by atoms with van der Waals surface area (Å²) in [5.74, 6) is 0.594. The molecule has 1 heterocycles. The highest BCUT2D eigenvalue weighted by molar-refractivity contribution is 5.73. The van der Waals surface area contributed by atoms with Gasteiger partial charge in [0, 0.05) is 6.42 Å². The lowest BCUT2D eigenvalue weighted by atomic mass is 10.1. The molecule has 0 aliphatic carbocycles. The third-order valence-corrected chi connectivity index (χ3v) is 4.33. The average molecular weight is 353 g/mol. The van der Waals surface area contributed by atoms with E-state index < -0.39 is 0 Å². The zero-order valence-corrected chi connectivity index (χ0v) is 15.0. The van der Waals surface area contributed by atoms with E-state index in [0.29, 0.717) is 23.0 Å². The number of hydrogen-bond donors (Lipinski definition) is 0. The molecule has 4 nitrogen and oxygen atoms in total. The summed E-state index contributed by atoms with van der Waals surface area (Å²) >= 11 is 0. The standard InChI is InChI=1S/C21H20FNO3/c1-13-8-9-14(2)21(15(13)3)26-20(24)11-10-19-23-12-18(25-19)16-6-4-5-7-17(16)22/h4-9,12H,10-11H2,1-3H3. The molecule has 26 heavy (non-hydrogen) atoms. The minimum absolute atomic E-state index is 0.129. The quantitative estimate of drug-likeness (QED) is 0.481. The Bertz CT molecular complexity index is 946. The van der Waals surface area contributed by atoms with E-state index in [0.717, 1.165) is 16.7 Å². The molecule has 0 bridgehead atoms. The zero-order chi connectivity index (χ0) is 18.7. The minimum atomic E-state index is -0.375. The fraction of sp³-hybridized carbons (Fsp3) is 0.238. The predicted octanol–water partition coefficient (Wildman–Crippen LogP) is 4.94.